The smallest absolute Gasteiger partial charge is 0.312 e. The van der Waals surface area contributed by atoms with Crippen LogP contribution in [0.5, 0.6) is 0 Å². The Morgan fingerprint density at radius 1 is 1.47 bits per heavy atom. The molecule has 1 N–H and O–H groups in total. The lowest BCUT2D eigenvalue weighted by molar-refractivity contribution is -0.229. The van der Waals surface area contributed by atoms with E-state index in [1.165, 1.54) is 0 Å². The van der Waals surface area contributed by atoms with Gasteiger partial charge in [0.2, 0.25) is 5.79 Å². The van der Waals surface area contributed by atoms with Crippen LogP contribution in [0, 0.1) is 23.7 Å². The molecule has 7 atom stereocenters. The number of fused-ring (bicyclic) bond motifs is 2. The molecule has 0 aromatic rings. The van der Waals surface area contributed by atoms with E-state index in [4.69, 9.17) is 9.47 Å². The molecule has 4 heteroatoms. The number of unbranched alkanes of at least 4 members (excludes halogenated alkanes) is 1. The standard InChI is InChI=1S/C13H18O4/c1-2-3-4-13-9-7-5-6(8(9)12(15)17-13)10(14)11(7)16-13/h6-11,14H,2-5H2,1H3/t6?,7?,8?,9?,10-,11?,13?/m0/s1. The van der Waals surface area contributed by atoms with Gasteiger partial charge >= 0.3 is 5.97 Å². The highest BCUT2D eigenvalue weighted by molar-refractivity contribution is 5.77. The molecule has 2 heterocycles. The summed E-state index contributed by atoms with van der Waals surface area (Å²) in [7, 11) is 0. The number of aliphatic hydroxyl groups is 1. The van der Waals surface area contributed by atoms with Crippen molar-refractivity contribution in [1.82, 2.24) is 0 Å². The van der Waals surface area contributed by atoms with Crippen LogP contribution in [0.4, 0.5) is 0 Å². The number of carbonyl (C=O) groups excluding carboxylic acids is 1. The van der Waals surface area contributed by atoms with Crippen LogP contribution in [0.15, 0.2) is 0 Å². The molecular formula is C13H18O4. The van der Waals surface area contributed by atoms with Crippen molar-refractivity contribution >= 4 is 5.97 Å². The van der Waals surface area contributed by atoms with Gasteiger partial charge < -0.3 is 14.6 Å². The van der Waals surface area contributed by atoms with Crippen molar-refractivity contribution < 1.29 is 19.4 Å². The monoisotopic (exact) mass is 238 g/mol. The zero-order valence-corrected chi connectivity index (χ0v) is 9.96. The highest BCUT2D eigenvalue weighted by Crippen LogP contribution is 2.67. The Morgan fingerprint density at radius 3 is 3.06 bits per heavy atom. The molecule has 2 saturated heterocycles. The van der Waals surface area contributed by atoms with Gasteiger partial charge in [-0.3, -0.25) is 4.79 Å². The van der Waals surface area contributed by atoms with Crippen molar-refractivity contribution in [3.05, 3.63) is 0 Å². The van der Waals surface area contributed by atoms with Crippen LogP contribution in [-0.4, -0.2) is 29.1 Å². The number of ether oxygens (including phenoxy) is 2. The first-order chi connectivity index (χ1) is 8.18. The van der Waals surface area contributed by atoms with Crippen LogP contribution < -0.4 is 0 Å². The minimum atomic E-state index is -0.681. The Hall–Kier alpha value is -0.610. The van der Waals surface area contributed by atoms with E-state index in [0.717, 1.165) is 25.7 Å². The second-order valence-corrected chi connectivity index (χ2v) is 6.02. The summed E-state index contributed by atoms with van der Waals surface area (Å²) in [6, 6.07) is 0. The largest absolute Gasteiger partial charge is 0.432 e. The molecule has 4 nitrogen and oxygen atoms in total. The number of aliphatic hydroxyl groups excluding tert-OH is 1. The summed E-state index contributed by atoms with van der Waals surface area (Å²) >= 11 is 0. The maximum Gasteiger partial charge on any atom is 0.312 e. The van der Waals surface area contributed by atoms with E-state index >= 15 is 0 Å². The number of carbonyl (C=O) groups is 1. The highest BCUT2D eigenvalue weighted by atomic mass is 16.7. The second-order valence-electron chi connectivity index (χ2n) is 6.02. The van der Waals surface area contributed by atoms with Crippen molar-refractivity contribution in [2.24, 2.45) is 23.7 Å². The molecule has 0 amide bonds. The zero-order valence-electron chi connectivity index (χ0n) is 9.96. The quantitative estimate of drug-likeness (QED) is 0.747. The summed E-state index contributed by atoms with van der Waals surface area (Å²) < 4.78 is 11.6. The fourth-order valence-corrected chi connectivity index (χ4v) is 4.74. The van der Waals surface area contributed by atoms with Gasteiger partial charge in [0.25, 0.3) is 0 Å². The Balaban J connectivity index is 1.73. The summed E-state index contributed by atoms with van der Waals surface area (Å²) in [5.74, 6) is -0.238. The average Bonchev–Trinajstić information content (AvgIpc) is 2.94. The molecule has 0 spiro atoms. The third-order valence-corrected chi connectivity index (χ3v) is 5.32. The van der Waals surface area contributed by atoms with Gasteiger partial charge in [-0.15, -0.1) is 0 Å². The first-order valence-electron chi connectivity index (χ1n) is 6.76. The van der Waals surface area contributed by atoms with Gasteiger partial charge in [0, 0.05) is 18.3 Å². The molecule has 2 saturated carbocycles. The molecule has 2 aliphatic carbocycles. The lowest BCUT2D eigenvalue weighted by Gasteiger charge is -2.28. The van der Waals surface area contributed by atoms with Gasteiger partial charge in [0.15, 0.2) is 0 Å². The molecule has 4 fully saturated rings. The Morgan fingerprint density at radius 2 is 2.29 bits per heavy atom. The maximum atomic E-state index is 12.0. The normalized spacial score (nSPS) is 57.9. The topological polar surface area (TPSA) is 55.8 Å². The molecule has 0 aromatic heterocycles. The number of hydrogen-bond acceptors (Lipinski definition) is 4. The van der Waals surface area contributed by atoms with Crippen molar-refractivity contribution in [3.63, 3.8) is 0 Å². The molecule has 94 valence electrons. The molecule has 4 aliphatic rings. The van der Waals surface area contributed by atoms with Crippen LogP contribution in [0.3, 0.4) is 0 Å². The lowest BCUT2D eigenvalue weighted by Crippen LogP contribution is -2.39. The fraction of sp³-hybridized carbons (Fsp3) is 0.923. The molecule has 6 unspecified atom stereocenters. The summed E-state index contributed by atoms with van der Waals surface area (Å²) in [6.07, 6.45) is 3.30. The summed E-state index contributed by atoms with van der Waals surface area (Å²) in [5.41, 5.74) is 0. The van der Waals surface area contributed by atoms with Crippen molar-refractivity contribution in [1.29, 1.82) is 0 Å². The van der Waals surface area contributed by atoms with E-state index in [9.17, 15) is 9.90 Å². The van der Waals surface area contributed by atoms with Gasteiger partial charge in [-0.05, 0) is 18.8 Å². The Labute approximate surface area is 100 Å². The molecule has 4 rings (SSSR count). The molecular weight excluding hydrogens is 220 g/mol. The van der Waals surface area contributed by atoms with E-state index in [1.54, 1.807) is 0 Å². The number of rotatable bonds is 3. The van der Waals surface area contributed by atoms with E-state index in [0.29, 0.717) is 5.92 Å². The minimum absolute atomic E-state index is 0.0776. The third-order valence-electron chi connectivity index (χ3n) is 5.32. The van der Waals surface area contributed by atoms with Crippen LogP contribution in [0.1, 0.15) is 32.6 Å². The first kappa shape index (κ1) is 10.3. The van der Waals surface area contributed by atoms with Gasteiger partial charge in [-0.1, -0.05) is 13.3 Å². The Bertz CT molecular complexity index is 382. The fourth-order valence-electron chi connectivity index (χ4n) is 4.74. The van der Waals surface area contributed by atoms with Gasteiger partial charge in [0.1, 0.15) is 0 Å². The predicted octanol–water partition coefficient (Wildman–Crippen LogP) is 1.07. The maximum absolute atomic E-state index is 12.0. The molecule has 0 aromatic carbocycles. The summed E-state index contributed by atoms with van der Waals surface area (Å²) in [5, 5.41) is 10.2. The van der Waals surface area contributed by atoms with E-state index in [2.05, 4.69) is 6.92 Å². The average molecular weight is 238 g/mol. The van der Waals surface area contributed by atoms with Crippen LogP contribution in [-0.2, 0) is 14.3 Å². The molecule has 0 radical (unpaired) electrons. The van der Waals surface area contributed by atoms with Gasteiger partial charge in [-0.25, -0.2) is 0 Å². The molecule has 2 aliphatic heterocycles. The van der Waals surface area contributed by atoms with E-state index in [-0.39, 0.29) is 29.8 Å². The van der Waals surface area contributed by atoms with Crippen molar-refractivity contribution in [2.45, 2.75) is 50.6 Å². The minimum Gasteiger partial charge on any atom is -0.432 e. The number of esters is 1. The van der Waals surface area contributed by atoms with Crippen LogP contribution >= 0.6 is 0 Å². The van der Waals surface area contributed by atoms with Crippen LogP contribution in [0.2, 0.25) is 0 Å². The van der Waals surface area contributed by atoms with Crippen molar-refractivity contribution in [3.8, 4) is 0 Å². The highest BCUT2D eigenvalue weighted by Gasteiger charge is 2.77. The van der Waals surface area contributed by atoms with Crippen molar-refractivity contribution in [2.75, 3.05) is 0 Å². The van der Waals surface area contributed by atoms with E-state index in [1.807, 2.05) is 0 Å². The summed E-state index contributed by atoms with van der Waals surface area (Å²) in [6.45, 7) is 2.13. The number of hydrogen-bond donors (Lipinski definition) is 1. The third kappa shape index (κ3) is 1.01. The SMILES string of the molecule is CCCCC12OC(=O)C3C4CC(C(O1)[C@H]4O)C32. The Kier molecular flexibility index (Phi) is 1.84. The van der Waals surface area contributed by atoms with Gasteiger partial charge in [0.05, 0.1) is 18.1 Å². The first-order valence-corrected chi connectivity index (χ1v) is 6.76. The zero-order chi connectivity index (χ0) is 11.8. The molecule has 17 heavy (non-hydrogen) atoms. The van der Waals surface area contributed by atoms with Crippen LogP contribution in [0.25, 0.3) is 0 Å². The van der Waals surface area contributed by atoms with E-state index < -0.39 is 11.9 Å². The molecule has 2 bridgehead atoms. The second kappa shape index (κ2) is 3.04. The van der Waals surface area contributed by atoms with Gasteiger partial charge in [-0.2, -0.15) is 0 Å². The predicted molar refractivity (Wildman–Crippen MR) is 57.8 cm³/mol. The summed E-state index contributed by atoms with van der Waals surface area (Å²) in [4.78, 5) is 12.0. The lowest BCUT2D eigenvalue weighted by atomic mass is 9.76.